The number of pyridine rings is 1. The first-order valence-electron chi connectivity index (χ1n) is 9.15. The van der Waals surface area contributed by atoms with E-state index in [9.17, 15) is 14.4 Å². The highest BCUT2D eigenvalue weighted by molar-refractivity contribution is 6.13. The molecule has 3 rings (SSSR count). The van der Waals surface area contributed by atoms with Gasteiger partial charge in [0.05, 0.1) is 23.9 Å². The molecule has 1 aromatic carbocycles. The summed E-state index contributed by atoms with van der Waals surface area (Å²) in [5, 5.41) is 5.54. The van der Waals surface area contributed by atoms with Crippen molar-refractivity contribution in [3.63, 3.8) is 0 Å². The van der Waals surface area contributed by atoms with E-state index in [1.165, 1.54) is 7.11 Å². The summed E-state index contributed by atoms with van der Waals surface area (Å²) in [5.74, 6) is -0.362. The number of amides is 2. The predicted octanol–water partition coefficient (Wildman–Crippen LogP) is 2.81. The van der Waals surface area contributed by atoms with Gasteiger partial charge in [-0.05, 0) is 49.4 Å². The number of benzene rings is 1. The van der Waals surface area contributed by atoms with Crippen molar-refractivity contribution in [3.05, 3.63) is 58.9 Å². The van der Waals surface area contributed by atoms with Gasteiger partial charge in [0, 0.05) is 12.2 Å². The Morgan fingerprint density at radius 2 is 1.82 bits per heavy atom. The Bertz CT molecular complexity index is 926. The van der Waals surface area contributed by atoms with Crippen LogP contribution in [-0.4, -0.2) is 36.4 Å². The number of nitrogens with one attached hydrogen (secondary N) is 2. The van der Waals surface area contributed by atoms with Crippen LogP contribution in [0, 0.1) is 18.8 Å². The summed E-state index contributed by atoms with van der Waals surface area (Å²) in [6.45, 7) is 4.47. The minimum absolute atomic E-state index is 0.0707. The molecule has 0 bridgehead atoms. The molecule has 28 heavy (non-hydrogen) atoms. The third kappa shape index (κ3) is 4.36. The highest BCUT2D eigenvalue weighted by Gasteiger charge is 2.33. The number of hydrogen-bond donors (Lipinski definition) is 2. The molecule has 2 atom stereocenters. The second-order valence-corrected chi connectivity index (χ2v) is 7.02. The topological polar surface area (TPSA) is 97.4 Å². The summed E-state index contributed by atoms with van der Waals surface area (Å²) in [6.07, 6.45) is 1.10. The van der Waals surface area contributed by atoms with Gasteiger partial charge in [0.1, 0.15) is 5.69 Å². The van der Waals surface area contributed by atoms with Crippen molar-refractivity contribution in [1.82, 2.24) is 10.3 Å². The van der Waals surface area contributed by atoms with E-state index in [4.69, 9.17) is 4.74 Å². The Morgan fingerprint density at radius 3 is 2.50 bits per heavy atom. The molecule has 1 fully saturated rings. The van der Waals surface area contributed by atoms with Crippen molar-refractivity contribution in [2.24, 2.45) is 11.8 Å². The minimum Gasteiger partial charge on any atom is -0.465 e. The highest BCUT2D eigenvalue weighted by Crippen LogP contribution is 2.36. The van der Waals surface area contributed by atoms with Gasteiger partial charge in [-0.25, -0.2) is 9.78 Å². The maximum absolute atomic E-state index is 12.8. The fourth-order valence-corrected chi connectivity index (χ4v) is 2.97. The number of anilines is 1. The monoisotopic (exact) mass is 381 g/mol. The molecule has 7 heteroatoms. The standard InChI is InChI=1S/C21H23N3O4/c1-12-10-14(12)11-22-20(26)18-16(9-8-13(2)23-18)19(25)24-17-7-5-4-6-15(17)21(27)28-3/h4-9,12,14H,10-11H2,1-3H3,(H,22,26)(H,24,25). The third-order valence-corrected chi connectivity index (χ3v) is 4.88. The summed E-state index contributed by atoms with van der Waals surface area (Å²) >= 11 is 0. The molecule has 0 aliphatic heterocycles. The lowest BCUT2D eigenvalue weighted by Crippen LogP contribution is -2.30. The molecule has 0 saturated heterocycles. The molecule has 0 spiro atoms. The maximum atomic E-state index is 12.8. The van der Waals surface area contributed by atoms with Gasteiger partial charge in [0.25, 0.3) is 11.8 Å². The summed E-state index contributed by atoms with van der Waals surface area (Å²) in [6, 6.07) is 9.75. The van der Waals surface area contributed by atoms with E-state index in [1.54, 1.807) is 43.3 Å². The summed E-state index contributed by atoms with van der Waals surface area (Å²) in [5.41, 5.74) is 1.38. The quantitative estimate of drug-likeness (QED) is 0.750. The molecule has 1 aliphatic rings. The maximum Gasteiger partial charge on any atom is 0.339 e. The molecule has 2 unspecified atom stereocenters. The van der Waals surface area contributed by atoms with Gasteiger partial charge < -0.3 is 15.4 Å². The lowest BCUT2D eigenvalue weighted by molar-refractivity contribution is 0.0601. The number of para-hydroxylation sites is 1. The number of hydrogen-bond acceptors (Lipinski definition) is 5. The molecule has 146 valence electrons. The Kier molecular flexibility index (Phi) is 5.73. The van der Waals surface area contributed by atoms with Gasteiger partial charge in [0.15, 0.2) is 0 Å². The van der Waals surface area contributed by atoms with E-state index in [2.05, 4.69) is 22.5 Å². The molecule has 1 saturated carbocycles. The van der Waals surface area contributed by atoms with Gasteiger partial charge in [-0.15, -0.1) is 0 Å². The van der Waals surface area contributed by atoms with E-state index in [1.807, 2.05) is 0 Å². The van der Waals surface area contributed by atoms with Crippen LogP contribution in [0.1, 0.15) is 50.2 Å². The number of esters is 1. The number of ether oxygens (including phenoxy) is 1. The van der Waals surface area contributed by atoms with Crippen LogP contribution >= 0.6 is 0 Å². The number of aromatic nitrogens is 1. The summed E-state index contributed by atoms with van der Waals surface area (Å²) < 4.78 is 4.74. The molecule has 2 N–H and O–H groups in total. The molecule has 2 aromatic rings. The Balaban J connectivity index is 1.82. The zero-order chi connectivity index (χ0) is 20.3. The number of methoxy groups -OCH3 is 1. The fraction of sp³-hybridized carbons (Fsp3) is 0.333. The van der Waals surface area contributed by atoms with Crippen LogP contribution in [0.15, 0.2) is 36.4 Å². The van der Waals surface area contributed by atoms with E-state index >= 15 is 0 Å². The zero-order valence-electron chi connectivity index (χ0n) is 16.1. The first-order valence-corrected chi connectivity index (χ1v) is 9.15. The van der Waals surface area contributed by atoms with Crippen molar-refractivity contribution in [2.45, 2.75) is 20.3 Å². The third-order valence-electron chi connectivity index (χ3n) is 4.88. The molecular formula is C21H23N3O4. The van der Waals surface area contributed by atoms with Crippen LogP contribution < -0.4 is 10.6 Å². The van der Waals surface area contributed by atoms with Gasteiger partial charge >= 0.3 is 5.97 Å². The van der Waals surface area contributed by atoms with Gasteiger partial charge in [-0.1, -0.05) is 19.1 Å². The van der Waals surface area contributed by atoms with Gasteiger partial charge in [-0.3, -0.25) is 9.59 Å². The second-order valence-electron chi connectivity index (χ2n) is 7.02. The fourth-order valence-electron chi connectivity index (χ4n) is 2.97. The number of carbonyl (C=O) groups is 3. The average Bonchev–Trinajstić information content (AvgIpc) is 3.40. The Hall–Kier alpha value is -3.22. The number of aryl methyl sites for hydroxylation is 1. The lowest BCUT2D eigenvalue weighted by Gasteiger charge is -2.12. The van der Waals surface area contributed by atoms with Crippen molar-refractivity contribution in [3.8, 4) is 0 Å². The first-order chi connectivity index (χ1) is 13.4. The van der Waals surface area contributed by atoms with Gasteiger partial charge in [0.2, 0.25) is 0 Å². The Labute approximate surface area is 163 Å². The van der Waals surface area contributed by atoms with E-state index in [0.717, 1.165) is 6.42 Å². The molecule has 7 nitrogen and oxygen atoms in total. The lowest BCUT2D eigenvalue weighted by atomic mass is 10.1. The van der Waals surface area contributed by atoms with Crippen molar-refractivity contribution >= 4 is 23.5 Å². The molecular weight excluding hydrogens is 358 g/mol. The average molecular weight is 381 g/mol. The highest BCUT2D eigenvalue weighted by atomic mass is 16.5. The van der Waals surface area contributed by atoms with Crippen molar-refractivity contribution < 1.29 is 19.1 Å². The van der Waals surface area contributed by atoms with E-state index in [0.29, 0.717) is 29.8 Å². The molecule has 0 radical (unpaired) electrons. The molecule has 1 aliphatic carbocycles. The summed E-state index contributed by atoms with van der Waals surface area (Å²) in [7, 11) is 1.27. The summed E-state index contributed by atoms with van der Waals surface area (Å²) in [4.78, 5) is 41.6. The smallest absolute Gasteiger partial charge is 0.339 e. The van der Waals surface area contributed by atoms with Crippen LogP contribution in [-0.2, 0) is 4.74 Å². The first kappa shape index (κ1) is 19.5. The largest absolute Gasteiger partial charge is 0.465 e. The van der Waals surface area contributed by atoms with Crippen LogP contribution in [0.25, 0.3) is 0 Å². The van der Waals surface area contributed by atoms with Crippen LogP contribution in [0.4, 0.5) is 5.69 Å². The van der Waals surface area contributed by atoms with Crippen LogP contribution in [0.5, 0.6) is 0 Å². The second kappa shape index (κ2) is 8.21. The molecule has 1 heterocycles. The zero-order valence-corrected chi connectivity index (χ0v) is 16.1. The molecule has 1 aromatic heterocycles. The molecule has 2 amide bonds. The Morgan fingerprint density at radius 1 is 1.11 bits per heavy atom. The van der Waals surface area contributed by atoms with Crippen LogP contribution in [0.2, 0.25) is 0 Å². The van der Waals surface area contributed by atoms with Crippen LogP contribution in [0.3, 0.4) is 0 Å². The number of nitrogens with zero attached hydrogens (tertiary/aromatic N) is 1. The van der Waals surface area contributed by atoms with E-state index < -0.39 is 11.9 Å². The SMILES string of the molecule is COC(=O)c1ccccc1NC(=O)c1ccc(C)nc1C(=O)NCC1CC1C. The normalized spacial score (nSPS) is 17.5. The minimum atomic E-state index is -0.561. The van der Waals surface area contributed by atoms with Gasteiger partial charge in [-0.2, -0.15) is 0 Å². The van der Waals surface area contributed by atoms with Crippen molar-refractivity contribution in [2.75, 3.05) is 19.0 Å². The predicted molar refractivity (Wildman–Crippen MR) is 104 cm³/mol. The number of rotatable bonds is 6. The number of carbonyl (C=O) groups excluding carboxylic acids is 3. The van der Waals surface area contributed by atoms with E-state index in [-0.39, 0.29) is 22.7 Å². The van der Waals surface area contributed by atoms with Crippen molar-refractivity contribution in [1.29, 1.82) is 0 Å².